The number of carboxylic acids is 1. The van der Waals surface area contributed by atoms with Crippen molar-refractivity contribution >= 4 is 38.4 Å². The third-order valence-electron chi connectivity index (χ3n) is 5.29. The molecule has 0 bridgehead atoms. The fourth-order valence-electron chi connectivity index (χ4n) is 3.43. The molecular formula is C22H16N4O11S2. The number of aromatic carboxylic acids is 1. The van der Waals surface area contributed by atoms with E-state index in [2.05, 4.69) is 15.9 Å². The second-order valence-corrected chi connectivity index (χ2v) is 10.6. The molecule has 4 aromatic rings. The summed E-state index contributed by atoms with van der Waals surface area (Å²) in [7, 11) is -8.95. The Kier molecular flexibility index (Phi) is 6.78. The Morgan fingerprint density at radius 2 is 1.23 bits per heavy atom. The van der Waals surface area contributed by atoms with E-state index < -0.39 is 64.3 Å². The molecule has 39 heavy (non-hydrogen) atoms. The molecule has 4 rings (SSSR count). The molecule has 2 aromatic carbocycles. The molecule has 0 spiro atoms. The maximum absolute atomic E-state index is 12.9. The monoisotopic (exact) mass is 576 g/mol. The lowest BCUT2D eigenvalue weighted by Gasteiger charge is -2.04. The van der Waals surface area contributed by atoms with Crippen molar-refractivity contribution in [3.63, 3.8) is 0 Å². The van der Waals surface area contributed by atoms with E-state index in [9.17, 15) is 41.4 Å². The van der Waals surface area contributed by atoms with E-state index >= 15 is 0 Å². The van der Waals surface area contributed by atoms with Gasteiger partial charge < -0.3 is 10.2 Å². The first kappa shape index (κ1) is 27.1. The van der Waals surface area contributed by atoms with E-state index in [1.165, 1.54) is 12.1 Å². The molecule has 0 radical (unpaired) electrons. The Morgan fingerprint density at radius 1 is 0.769 bits per heavy atom. The van der Waals surface area contributed by atoms with Gasteiger partial charge in [0.15, 0.2) is 5.69 Å². The number of hydrogen-bond acceptors (Lipinski definition) is 8. The summed E-state index contributed by atoms with van der Waals surface area (Å²) < 4.78 is 64.7. The minimum atomic E-state index is -4.49. The average molecular weight is 577 g/mol. The topological polar surface area (TPSA) is 242 Å². The fourth-order valence-corrected chi connectivity index (χ4v) is 4.39. The number of carbonyl (C=O) groups is 1. The molecule has 0 atom stereocenters. The van der Waals surface area contributed by atoms with Gasteiger partial charge in [0.05, 0.1) is 26.7 Å². The summed E-state index contributed by atoms with van der Waals surface area (Å²) in [5.74, 6) is -2.14. The molecular weight excluding hydrogens is 560 g/mol. The highest BCUT2D eigenvalue weighted by atomic mass is 32.2. The van der Waals surface area contributed by atoms with Crippen LogP contribution >= 0.6 is 0 Å². The van der Waals surface area contributed by atoms with Crippen LogP contribution in [-0.2, 0) is 20.2 Å². The van der Waals surface area contributed by atoms with Gasteiger partial charge in [-0.1, -0.05) is 0 Å². The molecule has 0 unspecified atom stereocenters. The van der Waals surface area contributed by atoms with Gasteiger partial charge in [0.1, 0.15) is 5.56 Å². The molecule has 0 aliphatic heterocycles. The van der Waals surface area contributed by atoms with Crippen LogP contribution in [0.25, 0.3) is 23.5 Å². The zero-order valence-electron chi connectivity index (χ0n) is 19.1. The number of nitrogens with zero attached hydrogens (tertiary/aromatic N) is 2. The van der Waals surface area contributed by atoms with Crippen molar-refractivity contribution in [2.24, 2.45) is 0 Å². The van der Waals surface area contributed by atoms with E-state index in [4.69, 9.17) is 9.11 Å². The van der Waals surface area contributed by atoms with Crippen LogP contribution in [0.3, 0.4) is 0 Å². The molecule has 6 N–H and O–H groups in total. The summed E-state index contributed by atoms with van der Waals surface area (Å²) in [6.45, 7) is 0. The third kappa shape index (κ3) is 5.37. The Bertz CT molecular complexity index is 2000. The SMILES string of the molecule is O=C(O)c1[nH]n(-c2ccc(S(=O)(=O)O)cc2)c(=O)c1C=C=Cc1c(O)n(-c2ccc(S(=O)(=O)O)cc2)[nH]c1=O. The van der Waals surface area contributed by atoms with Crippen molar-refractivity contribution in [1.29, 1.82) is 0 Å². The predicted molar refractivity (Wildman–Crippen MR) is 133 cm³/mol. The first-order valence-electron chi connectivity index (χ1n) is 10.4. The Balaban J connectivity index is 1.72. The van der Waals surface area contributed by atoms with Crippen LogP contribution in [0.1, 0.15) is 21.6 Å². The number of nitrogens with one attached hydrogen (secondary N) is 2. The lowest BCUT2D eigenvalue weighted by atomic mass is 10.2. The number of benzene rings is 2. The second-order valence-electron chi connectivity index (χ2n) is 7.75. The molecule has 0 aliphatic rings. The Hall–Kier alpha value is -4.93. The Labute approximate surface area is 217 Å². The van der Waals surface area contributed by atoms with E-state index in [1.54, 1.807) is 0 Å². The predicted octanol–water partition coefficient (Wildman–Crippen LogP) is 0.867. The second kappa shape index (κ2) is 9.75. The van der Waals surface area contributed by atoms with Gasteiger partial charge in [-0.3, -0.25) is 28.9 Å². The molecule has 2 heterocycles. The molecule has 2 aromatic heterocycles. The normalized spacial score (nSPS) is 11.6. The quantitative estimate of drug-likeness (QED) is 0.133. The van der Waals surface area contributed by atoms with E-state index in [0.29, 0.717) is 0 Å². The highest BCUT2D eigenvalue weighted by Crippen LogP contribution is 2.21. The van der Waals surface area contributed by atoms with Crippen molar-refractivity contribution in [2.45, 2.75) is 9.79 Å². The third-order valence-corrected chi connectivity index (χ3v) is 7.03. The van der Waals surface area contributed by atoms with Crippen molar-refractivity contribution < 1.29 is 40.9 Å². The Morgan fingerprint density at radius 3 is 1.69 bits per heavy atom. The fraction of sp³-hybridized carbons (Fsp3) is 0. The van der Waals surface area contributed by atoms with Crippen molar-refractivity contribution in [3.05, 3.63) is 91.8 Å². The highest BCUT2D eigenvalue weighted by molar-refractivity contribution is 7.86. The van der Waals surface area contributed by atoms with Gasteiger partial charge in [-0.05, 0) is 60.7 Å². The van der Waals surface area contributed by atoms with Crippen LogP contribution in [0.15, 0.2) is 73.6 Å². The van der Waals surface area contributed by atoms with Gasteiger partial charge in [0.25, 0.3) is 31.4 Å². The minimum Gasteiger partial charge on any atom is -0.493 e. The molecule has 15 nitrogen and oxygen atoms in total. The summed E-state index contributed by atoms with van der Waals surface area (Å²) in [4.78, 5) is 36.0. The molecule has 0 fully saturated rings. The molecule has 0 saturated heterocycles. The van der Waals surface area contributed by atoms with Crippen molar-refractivity contribution in [1.82, 2.24) is 19.6 Å². The van der Waals surface area contributed by atoms with Crippen molar-refractivity contribution in [2.75, 3.05) is 0 Å². The van der Waals surface area contributed by atoms with Crippen LogP contribution in [0.2, 0.25) is 0 Å². The average Bonchev–Trinajstić information content (AvgIpc) is 3.34. The number of aromatic nitrogens is 4. The lowest BCUT2D eigenvalue weighted by molar-refractivity contribution is 0.0689. The summed E-state index contributed by atoms with van der Waals surface area (Å²) in [5.41, 5.74) is -0.340. The van der Waals surface area contributed by atoms with Gasteiger partial charge in [-0.15, -0.1) is 5.73 Å². The molecule has 202 valence electrons. The maximum atomic E-state index is 12.9. The summed E-state index contributed by atoms with van der Waals surface area (Å²) in [5, 5.41) is 24.6. The van der Waals surface area contributed by atoms with Crippen LogP contribution < -0.4 is 11.1 Å². The lowest BCUT2D eigenvalue weighted by Crippen LogP contribution is -2.16. The van der Waals surface area contributed by atoms with Crippen molar-refractivity contribution in [3.8, 4) is 17.3 Å². The van der Waals surface area contributed by atoms with Crippen LogP contribution in [0.4, 0.5) is 0 Å². The number of hydrogen-bond donors (Lipinski definition) is 6. The van der Waals surface area contributed by atoms with E-state index in [-0.39, 0.29) is 16.9 Å². The van der Waals surface area contributed by atoms with Gasteiger partial charge in [0, 0.05) is 0 Å². The van der Waals surface area contributed by atoms with E-state index in [1.807, 2.05) is 0 Å². The number of carboxylic acid groups (broad SMARTS) is 1. The molecule has 0 aliphatic carbocycles. The summed E-state index contributed by atoms with van der Waals surface area (Å²) >= 11 is 0. The maximum Gasteiger partial charge on any atom is 0.354 e. The number of aromatic amines is 2. The van der Waals surface area contributed by atoms with E-state index in [0.717, 1.165) is 57.9 Å². The van der Waals surface area contributed by atoms with Gasteiger partial charge in [0.2, 0.25) is 5.88 Å². The van der Waals surface area contributed by atoms with Gasteiger partial charge >= 0.3 is 5.97 Å². The van der Waals surface area contributed by atoms with Gasteiger partial charge in [-0.25, -0.2) is 14.2 Å². The summed E-state index contributed by atoms with van der Waals surface area (Å²) in [6, 6.07) is 8.79. The smallest absolute Gasteiger partial charge is 0.354 e. The zero-order valence-corrected chi connectivity index (χ0v) is 20.8. The molecule has 17 heteroatoms. The standard InChI is InChI=1S/C22H16N4O11S2/c27-19-17(21(29)26(24-19)13-6-10-15(11-7-13)39(35,36)37)3-1-2-16-18(22(30)31)23-25(20(16)28)12-4-8-14(9-5-12)38(32,33)34/h2-11,23,29H,(H,24,27)(H,30,31)(H,32,33,34)(H,35,36,37). The van der Waals surface area contributed by atoms with Crippen LogP contribution in [-0.4, -0.2) is 61.7 Å². The van der Waals surface area contributed by atoms with Crippen LogP contribution in [0, 0.1) is 0 Å². The number of rotatable bonds is 7. The van der Waals surface area contributed by atoms with Gasteiger partial charge in [-0.2, -0.15) is 16.8 Å². The minimum absolute atomic E-state index is 0.0460. The molecule has 0 amide bonds. The summed E-state index contributed by atoms with van der Waals surface area (Å²) in [6.07, 6.45) is 1.92. The first-order valence-corrected chi connectivity index (χ1v) is 13.3. The molecule has 0 saturated carbocycles. The largest absolute Gasteiger partial charge is 0.493 e. The number of H-pyrrole nitrogens is 2. The first-order chi connectivity index (χ1) is 18.2. The number of aromatic hydroxyl groups is 1. The zero-order chi connectivity index (χ0) is 28.7. The van der Waals surface area contributed by atoms with Crippen LogP contribution in [0.5, 0.6) is 5.88 Å². The highest BCUT2D eigenvalue weighted by Gasteiger charge is 2.20.